The normalized spacial score (nSPS) is 21.7. The minimum atomic E-state index is -3.58. The van der Waals surface area contributed by atoms with Crippen LogP contribution in [0.15, 0.2) is 34.5 Å². The van der Waals surface area contributed by atoms with E-state index >= 15 is 0 Å². The second-order valence-electron chi connectivity index (χ2n) is 5.62. The lowest BCUT2D eigenvalue weighted by Crippen LogP contribution is -2.48. The Balaban J connectivity index is 1.88. The first kappa shape index (κ1) is 14.7. The lowest BCUT2D eigenvalue weighted by molar-refractivity contribution is 0.0703. The third-order valence-electron chi connectivity index (χ3n) is 4.27. The van der Waals surface area contributed by atoms with Crippen LogP contribution in [-0.4, -0.2) is 32.2 Å². The fourth-order valence-corrected chi connectivity index (χ4v) is 5.48. The molecule has 0 amide bonds. The molecule has 2 aliphatic rings. The first-order valence-corrected chi connectivity index (χ1v) is 9.58. The van der Waals surface area contributed by atoms with Gasteiger partial charge in [0.05, 0.1) is 11.9 Å². The van der Waals surface area contributed by atoms with E-state index in [1.54, 1.807) is 29.6 Å². The molecule has 0 radical (unpaired) electrons. The lowest BCUT2D eigenvalue weighted by atomic mass is 10.1. The highest BCUT2D eigenvalue weighted by Gasteiger charge is 2.37. The molecule has 1 saturated heterocycles. The van der Waals surface area contributed by atoms with Crippen molar-refractivity contribution in [2.45, 2.75) is 23.9 Å². The van der Waals surface area contributed by atoms with Crippen molar-refractivity contribution in [2.24, 2.45) is 0 Å². The summed E-state index contributed by atoms with van der Waals surface area (Å²) < 4.78 is 27.7. The number of aromatic carboxylic acids is 1. The van der Waals surface area contributed by atoms with E-state index in [2.05, 4.69) is 9.62 Å². The van der Waals surface area contributed by atoms with Gasteiger partial charge in [-0.2, -0.15) is 4.72 Å². The number of rotatable bonds is 2. The van der Waals surface area contributed by atoms with E-state index in [1.165, 1.54) is 0 Å². The highest BCUT2D eigenvalue weighted by molar-refractivity contribution is 7.89. The minimum Gasteiger partial charge on any atom is -0.477 e. The molecule has 1 unspecified atom stereocenters. The van der Waals surface area contributed by atoms with Crippen LogP contribution in [-0.2, 0) is 10.0 Å². The maximum absolute atomic E-state index is 12.5. The van der Waals surface area contributed by atoms with Crippen molar-refractivity contribution in [3.63, 3.8) is 0 Å². The summed E-state index contributed by atoms with van der Waals surface area (Å²) in [4.78, 5) is 13.8. The van der Waals surface area contributed by atoms with E-state index in [1.807, 2.05) is 0 Å². The van der Waals surface area contributed by atoms with Gasteiger partial charge in [0.2, 0.25) is 10.0 Å². The number of nitrogens with one attached hydrogen (secondary N) is 1. The zero-order chi connectivity index (χ0) is 16.2. The molecule has 4 rings (SSSR count). The summed E-state index contributed by atoms with van der Waals surface area (Å²) in [5, 5.41) is 10.9. The van der Waals surface area contributed by atoms with Gasteiger partial charge in [0.25, 0.3) is 0 Å². The van der Waals surface area contributed by atoms with Gasteiger partial charge in [0.1, 0.15) is 9.77 Å². The Morgan fingerprint density at radius 1 is 1.35 bits per heavy atom. The average Bonchev–Trinajstić information content (AvgIpc) is 3.14. The predicted molar refractivity (Wildman–Crippen MR) is 87.4 cm³/mol. The van der Waals surface area contributed by atoms with Crippen LogP contribution in [0.1, 0.15) is 22.5 Å². The predicted octanol–water partition coefficient (Wildman–Crippen LogP) is 2.33. The molecule has 2 aromatic rings. The van der Waals surface area contributed by atoms with Gasteiger partial charge in [-0.3, -0.25) is 0 Å². The van der Waals surface area contributed by atoms with Crippen LogP contribution in [0.2, 0.25) is 0 Å². The molecule has 23 heavy (non-hydrogen) atoms. The quantitative estimate of drug-likeness (QED) is 0.868. The van der Waals surface area contributed by atoms with E-state index in [4.69, 9.17) is 0 Å². The number of carboxylic acid groups (broad SMARTS) is 1. The Hall–Kier alpha value is -1.90. The lowest BCUT2D eigenvalue weighted by Gasteiger charge is -2.34. The first-order chi connectivity index (χ1) is 11.0. The molecule has 1 aromatic carbocycles. The number of nitrogens with zero attached hydrogens (tertiary/aromatic N) is 1. The molecular formula is C15H14N2O4S2. The Morgan fingerprint density at radius 2 is 2.17 bits per heavy atom. The van der Waals surface area contributed by atoms with Gasteiger partial charge in [0.15, 0.2) is 0 Å². The van der Waals surface area contributed by atoms with Crippen molar-refractivity contribution in [3.8, 4) is 11.1 Å². The molecule has 0 spiro atoms. The summed E-state index contributed by atoms with van der Waals surface area (Å²) in [6.07, 6.45) is 1.57. The standard InChI is InChI=1S/C15H14N2O4S2/c18-15(19)14-10(5-7-22-14)9-3-4-11-12(8-9)23(20,21)16-13-2-1-6-17(11)13/h3-5,7-8,13,16H,1-2,6H2,(H,18,19). The number of hydrogen-bond donors (Lipinski definition) is 2. The monoisotopic (exact) mass is 350 g/mol. The van der Waals surface area contributed by atoms with Crippen LogP contribution in [0.5, 0.6) is 0 Å². The number of hydrogen-bond acceptors (Lipinski definition) is 5. The van der Waals surface area contributed by atoms with E-state index in [0.717, 1.165) is 30.7 Å². The fraction of sp³-hybridized carbons (Fsp3) is 0.267. The van der Waals surface area contributed by atoms with Crippen molar-refractivity contribution >= 4 is 33.0 Å². The molecule has 120 valence electrons. The first-order valence-electron chi connectivity index (χ1n) is 7.21. The molecule has 8 heteroatoms. The summed E-state index contributed by atoms with van der Waals surface area (Å²) in [6, 6.07) is 6.85. The van der Waals surface area contributed by atoms with Gasteiger partial charge < -0.3 is 10.0 Å². The molecule has 1 fully saturated rings. The summed E-state index contributed by atoms with van der Waals surface area (Å²) >= 11 is 1.13. The molecule has 1 atom stereocenters. The van der Waals surface area contributed by atoms with Crippen molar-refractivity contribution in [2.75, 3.05) is 11.4 Å². The largest absolute Gasteiger partial charge is 0.477 e. The van der Waals surface area contributed by atoms with Crippen LogP contribution in [0.3, 0.4) is 0 Å². The Bertz CT molecular complexity index is 904. The fourth-order valence-electron chi connectivity index (χ4n) is 3.26. The SMILES string of the molecule is O=C(O)c1sccc1-c1ccc2c(c1)S(=O)(=O)NC1CCCN21. The zero-order valence-corrected chi connectivity index (χ0v) is 13.7. The summed E-state index contributed by atoms with van der Waals surface area (Å²) in [6.45, 7) is 0.818. The third kappa shape index (κ3) is 2.25. The third-order valence-corrected chi connectivity index (χ3v) is 6.66. The number of carboxylic acids is 1. The number of anilines is 1. The maximum atomic E-state index is 12.5. The molecule has 2 aliphatic heterocycles. The van der Waals surface area contributed by atoms with E-state index in [0.29, 0.717) is 16.8 Å². The van der Waals surface area contributed by atoms with Gasteiger partial charge in [0, 0.05) is 12.1 Å². The van der Waals surface area contributed by atoms with Crippen LogP contribution < -0.4 is 9.62 Å². The van der Waals surface area contributed by atoms with Crippen molar-refractivity contribution in [1.29, 1.82) is 0 Å². The van der Waals surface area contributed by atoms with Gasteiger partial charge in [-0.1, -0.05) is 6.07 Å². The van der Waals surface area contributed by atoms with E-state index < -0.39 is 16.0 Å². The Kier molecular flexibility index (Phi) is 3.22. The molecule has 0 aliphatic carbocycles. The number of sulfonamides is 1. The van der Waals surface area contributed by atoms with E-state index in [9.17, 15) is 18.3 Å². The number of carbonyl (C=O) groups is 1. The molecule has 0 bridgehead atoms. The average molecular weight is 350 g/mol. The van der Waals surface area contributed by atoms with Crippen LogP contribution in [0, 0.1) is 0 Å². The Morgan fingerprint density at radius 3 is 2.96 bits per heavy atom. The van der Waals surface area contributed by atoms with Crippen LogP contribution in [0.25, 0.3) is 11.1 Å². The van der Waals surface area contributed by atoms with Gasteiger partial charge in [-0.25, -0.2) is 13.2 Å². The van der Waals surface area contributed by atoms with Crippen molar-refractivity contribution in [1.82, 2.24) is 4.72 Å². The van der Waals surface area contributed by atoms with Crippen LogP contribution >= 0.6 is 11.3 Å². The smallest absolute Gasteiger partial charge is 0.346 e. The van der Waals surface area contributed by atoms with Gasteiger partial charge in [-0.05, 0) is 42.0 Å². The summed E-state index contributed by atoms with van der Waals surface area (Å²) in [7, 11) is -3.58. The summed E-state index contributed by atoms with van der Waals surface area (Å²) in [5.74, 6) is -1.01. The molecule has 0 saturated carbocycles. The zero-order valence-electron chi connectivity index (χ0n) is 12.0. The topological polar surface area (TPSA) is 86.7 Å². The number of thiophene rings is 1. The molecule has 2 N–H and O–H groups in total. The number of benzene rings is 1. The highest BCUT2D eigenvalue weighted by atomic mass is 32.2. The van der Waals surface area contributed by atoms with Crippen molar-refractivity contribution < 1.29 is 18.3 Å². The molecule has 1 aromatic heterocycles. The van der Waals surface area contributed by atoms with Crippen molar-refractivity contribution in [3.05, 3.63) is 34.5 Å². The maximum Gasteiger partial charge on any atom is 0.346 e. The second-order valence-corrected chi connectivity index (χ2v) is 8.22. The molecule has 6 nitrogen and oxygen atoms in total. The number of fused-ring (bicyclic) bond motifs is 3. The minimum absolute atomic E-state index is 0.172. The molecule has 3 heterocycles. The van der Waals surface area contributed by atoms with Gasteiger partial charge in [-0.15, -0.1) is 11.3 Å². The molecular weight excluding hydrogens is 336 g/mol. The highest BCUT2D eigenvalue weighted by Crippen LogP contribution is 2.39. The van der Waals surface area contributed by atoms with Crippen LogP contribution in [0.4, 0.5) is 5.69 Å². The Labute approximate surface area is 137 Å². The summed E-state index contributed by atoms with van der Waals surface area (Å²) in [5.41, 5.74) is 1.84. The van der Waals surface area contributed by atoms with E-state index in [-0.39, 0.29) is 15.9 Å². The second kappa shape index (κ2) is 5.05. The van der Waals surface area contributed by atoms with Gasteiger partial charge >= 0.3 is 5.97 Å².